The maximum absolute atomic E-state index is 13.1. The average Bonchev–Trinajstić information content (AvgIpc) is 3.35. The number of furan rings is 1. The molecule has 1 amide bonds. The normalized spacial score (nSPS) is 10.8. The standard InChI is InChI=1S/C18H13FN4O2S/c1-23-15(9-13(22-23)11-4-6-12(19)7-5-11)17(24)21-18-20-14(10-26-18)16-3-2-8-25-16/h2-10H,1H3,(H,20,21,24). The maximum Gasteiger partial charge on any atom is 0.275 e. The number of nitrogens with zero attached hydrogens (tertiary/aromatic N) is 3. The Morgan fingerprint density at radius 2 is 2.04 bits per heavy atom. The monoisotopic (exact) mass is 368 g/mol. The summed E-state index contributed by atoms with van der Waals surface area (Å²) in [6.07, 6.45) is 1.57. The Hall–Kier alpha value is -3.26. The third kappa shape index (κ3) is 3.14. The SMILES string of the molecule is Cn1nc(-c2ccc(F)cc2)cc1C(=O)Nc1nc(-c2ccco2)cs1. The van der Waals surface area contributed by atoms with E-state index in [9.17, 15) is 9.18 Å². The highest BCUT2D eigenvalue weighted by molar-refractivity contribution is 7.14. The molecule has 3 aromatic heterocycles. The summed E-state index contributed by atoms with van der Waals surface area (Å²) < 4.78 is 19.8. The second-order valence-electron chi connectivity index (χ2n) is 5.51. The molecule has 1 aromatic carbocycles. The summed E-state index contributed by atoms with van der Waals surface area (Å²) in [7, 11) is 1.68. The Morgan fingerprint density at radius 1 is 1.23 bits per heavy atom. The largest absolute Gasteiger partial charge is 0.463 e. The Bertz CT molecular complexity index is 1050. The molecule has 0 radical (unpaired) electrons. The topological polar surface area (TPSA) is 73.0 Å². The van der Waals surface area contributed by atoms with Crippen molar-refractivity contribution in [3.8, 4) is 22.7 Å². The van der Waals surface area contributed by atoms with Gasteiger partial charge in [0.1, 0.15) is 17.2 Å². The molecule has 130 valence electrons. The second kappa shape index (κ2) is 6.57. The Labute approximate surface area is 151 Å². The number of anilines is 1. The van der Waals surface area contributed by atoms with Gasteiger partial charge in [0.2, 0.25) is 0 Å². The number of aromatic nitrogens is 3. The van der Waals surface area contributed by atoms with Gasteiger partial charge >= 0.3 is 0 Å². The molecule has 0 spiro atoms. The van der Waals surface area contributed by atoms with Crippen LogP contribution in [-0.2, 0) is 7.05 Å². The van der Waals surface area contributed by atoms with Crippen LogP contribution in [0.5, 0.6) is 0 Å². The average molecular weight is 368 g/mol. The van der Waals surface area contributed by atoms with Crippen molar-refractivity contribution >= 4 is 22.4 Å². The van der Waals surface area contributed by atoms with E-state index in [1.807, 2.05) is 5.38 Å². The lowest BCUT2D eigenvalue weighted by Crippen LogP contribution is -2.15. The minimum absolute atomic E-state index is 0.321. The second-order valence-corrected chi connectivity index (χ2v) is 6.37. The molecule has 0 atom stereocenters. The summed E-state index contributed by atoms with van der Waals surface area (Å²) >= 11 is 1.31. The van der Waals surface area contributed by atoms with E-state index in [4.69, 9.17) is 4.42 Å². The van der Waals surface area contributed by atoms with E-state index in [1.54, 1.807) is 43.6 Å². The van der Waals surface area contributed by atoms with Crippen LogP contribution >= 0.6 is 11.3 Å². The smallest absolute Gasteiger partial charge is 0.275 e. The van der Waals surface area contributed by atoms with Crippen LogP contribution < -0.4 is 5.32 Å². The van der Waals surface area contributed by atoms with Crippen LogP contribution in [0, 0.1) is 5.82 Å². The van der Waals surface area contributed by atoms with Crippen LogP contribution in [0.15, 0.2) is 58.5 Å². The van der Waals surface area contributed by atoms with E-state index >= 15 is 0 Å². The van der Waals surface area contributed by atoms with Gasteiger partial charge in [-0.3, -0.25) is 14.8 Å². The number of hydrogen-bond acceptors (Lipinski definition) is 5. The molecule has 0 saturated heterocycles. The quantitative estimate of drug-likeness (QED) is 0.586. The summed E-state index contributed by atoms with van der Waals surface area (Å²) in [5.41, 5.74) is 2.36. The molecule has 0 saturated carbocycles. The predicted octanol–water partition coefficient (Wildman–Crippen LogP) is 4.20. The fraction of sp³-hybridized carbons (Fsp3) is 0.0556. The molecule has 4 aromatic rings. The van der Waals surface area contributed by atoms with Gasteiger partial charge in [-0.25, -0.2) is 9.37 Å². The van der Waals surface area contributed by atoms with Crippen molar-refractivity contribution in [3.63, 3.8) is 0 Å². The first-order valence-electron chi connectivity index (χ1n) is 7.71. The summed E-state index contributed by atoms with van der Waals surface area (Å²) in [5.74, 6) is -0.00614. The van der Waals surface area contributed by atoms with Gasteiger partial charge in [-0.05, 0) is 42.5 Å². The van der Waals surface area contributed by atoms with Crippen molar-refractivity contribution in [1.82, 2.24) is 14.8 Å². The molecular weight excluding hydrogens is 355 g/mol. The van der Waals surface area contributed by atoms with Crippen molar-refractivity contribution in [3.05, 3.63) is 65.6 Å². The van der Waals surface area contributed by atoms with Crippen molar-refractivity contribution in [2.75, 3.05) is 5.32 Å². The van der Waals surface area contributed by atoms with Gasteiger partial charge in [0, 0.05) is 18.0 Å². The first-order chi connectivity index (χ1) is 12.6. The van der Waals surface area contributed by atoms with Crippen LogP contribution in [0.1, 0.15) is 10.5 Å². The van der Waals surface area contributed by atoms with E-state index in [0.717, 1.165) is 5.56 Å². The molecule has 26 heavy (non-hydrogen) atoms. The number of thiazole rings is 1. The number of carbonyl (C=O) groups excluding carboxylic acids is 1. The lowest BCUT2D eigenvalue weighted by Gasteiger charge is -2.01. The molecule has 0 aliphatic carbocycles. The molecule has 0 aliphatic heterocycles. The van der Waals surface area contributed by atoms with Gasteiger partial charge in [-0.1, -0.05) is 0 Å². The van der Waals surface area contributed by atoms with Crippen LogP contribution in [-0.4, -0.2) is 20.7 Å². The molecule has 1 N–H and O–H groups in total. The third-order valence-electron chi connectivity index (χ3n) is 3.75. The van der Waals surface area contributed by atoms with Crippen LogP contribution in [0.4, 0.5) is 9.52 Å². The number of hydrogen-bond donors (Lipinski definition) is 1. The molecule has 0 bridgehead atoms. The highest BCUT2D eigenvalue weighted by atomic mass is 32.1. The fourth-order valence-electron chi connectivity index (χ4n) is 2.47. The van der Waals surface area contributed by atoms with Crippen LogP contribution in [0.2, 0.25) is 0 Å². The van der Waals surface area contributed by atoms with E-state index in [1.165, 1.54) is 28.2 Å². The van der Waals surface area contributed by atoms with Crippen molar-refractivity contribution in [1.29, 1.82) is 0 Å². The molecule has 8 heteroatoms. The summed E-state index contributed by atoms with van der Waals surface area (Å²) in [6.45, 7) is 0. The number of halogens is 1. The molecule has 4 rings (SSSR count). The molecule has 6 nitrogen and oxygen atoms in total. The number of nitrogens with one attached hydrogen (secondary N) is 1. The Morgan fingerprint density at radius 3 is 2.77 bits per heavy atom. The minimum atomic E-state index is -0.325. The molecule has 3 heterocycles. The van der Waals surface area contributed by atoms with Gasteiger partial charge < -0.3 is 4.42 Å². The molecule has 0 fully saturated rings. The molecular formula is C18H13FN4O2S. The number of aryl methyl sites for hydroxylation is 1. The number of rotatable bonds is 4. The van der Waals surface area contributed by atoms with Gasteiger partial charge in [-0.15, -0.1) is 11.3 Å². The van der Waals surface area contributed by atoms with Gasteiger partial charge in [0.15, 0.2) is 10.9 Å². The van der Waals surface area contributed by atoms with Crippen molar-refractivity contribution in [2.24, 2.45) is 7.05 Å². The summed E-state index contributed by atoms with van der Waals surface area (Å²) in [5, 5.41) is 9.35. The van der Waals surface area contributed by atoms with Crippen LogP contribution in [0.3, 0.4) is 0 Å². The minimum Gasteiger partial charge on any atom is -0.463 e. The number of carbonyl (C=O) groups is 1. The van der Waals surface area contributed by atoms with E-state index in [-0.39, 0.29) is 11.7 Å². The lowest BCUT2D eigenvalue weighted by atomic mass is 10.1. The van der Waals surface area contributed by atoms with E-state index < -0.39 is 0 Å². The first-order valence-corrected chi connectivity index (χ1v) is 8.59. The van der Waals surface area contributed by atoms with Gasteiger partial charge in [-0.2, -0.15) is 5.10 Å². The summed E-state index contributed by atoms with van der Waals surface area (Å²) in [6, 6.07) is 11.2. The van der Waals surface area contributed by atoms with Crippen molar-refractivity contribution in [2.45, 2.75) is 0 Å². The van der Waals surface area contributed by atoms with Crippen LogP contribution in [0.25, 0.3) is 22.7 Å². The number of amides is 1. The zero-order chi connectivity index (χ0) is 18.1. The highest BCUT2D eigenvalue weighted by Crippen LogP contribution is 2.26. The summed E-state index contributed by atoms with van der Waals surface area (Å²) in [4.78, 5) is 16.9. The van der Waals surface area contributed by atoms with Crippen molar-refractivity contribution < 1.29 is 13.6 Å². The Balaban J connectivity index is 1.54. The highest BCUT2D eigenvalue weighted by Gasteiger charge is 2.16. The third-order valence-corrected chi connectivity index (χ3v) is 4.51. The predicted molar refractivity (Wildman–Crippen MR) is 96.4 cm³/mol. The van der Waals surface area contributed by atoms with Gasteiger partial charge in [0.05, 0.1) is 12.0 Å². The van der Waals surface area contributed by atoms with E-state index in [0.29, 0.717) is 28.0 Å². The number of benzene rings is 1. The Kier molecular flexibility index (Phi) is 4.10. The molecule has 0 unspecified atom stereocenters. The fourth-order valence-corrected chi connectivity index (χ4v) is 3.17. The zero-order valence-electron chi connectivity index (χ0n) is 13.6. The first kappa shape index (κ1) is 16.2. The molecule has 0 aliphatic rings. The zero-order valence-corrected chi connectivity index (χ0v) is 14.5. The van der Waals surface area contributed by atoms with Gasteiger partial charge in [0.25, 0.3) is 5.91 Å². The maximum atomic E-state index is 13.1. The van der Waals surface area contributed by atoms with E-state index in [2.05, 4.69) is 15.4 Å². The lowest BCUT2D eigenvalue weighted by molar-refractivity contribution is 0.101.